The van der Waals surface area contributed by atoms with Crippen LogP contribution in [-0.2, 0) is 4.74 Å². The summed E-state index contributed by atoms with van der Waals surface area (Å²) >= 11 is 0. The molecule has 2 rings (SSSR count). The minimum atomic E-state index is -1.16. The van der Waals surface area contributed by atoms with E-state index in [0.717, 1.165) is 6.07 Å². The molecule has 0 aromatic heterocycles. The highest BCUT2D eigenvalue weighted by molar-refractivity contribution is 5.94. The number of nitrogens with zero attached hydrogens (tertiary/aromatic N) is 2. The topological polar surface area (TPSA) is 53.3 Å². The van der Waals surface area contributed by atoms with E-state index in [1.54, 1.807) is 0 Å². The predicted octanol–water partition coefficient (Wildman–Crippen LogP) is 1.33. The number of halogens is 2. The van der Waals surface area contributed by atoms with Gasteiger partial charge in [0.15, 0.2) is 17.7 Å². The summed E-state index contributed by atoms with van der Waals surface area (Å²) in [5, 5.41) is 8.71. The van der Waals surface area contributed by atoms with Gasteiger partial charge in [-0.15, -0.1) is 0 Å². The number of carbonyl (C=O) groups excluding carboxylic acids is 1. The Hall–Kier alpha value is -2.00. The Kier molecular flexibility index (Phi) is 3.53. The van der Waals surface area contributed by atoms with Gasteiger partial charge in [-0.05, 0) is 12.1 Å². The molecule has 1 heterocycles. The molecule has 18 heavy (non-hydrogen) atoms. The Morgan fingerprint density at radius 1 is 1.50 bits per heavy atom. The van der Waals surface area contributed by atoms with Crippen molar-refractivity contribution in [2.45, 2.75) is 6.10 Å². The van der Waals surface area contributed by atoms with Gasteiger partial charge in [0.2, 0.25) is 0 Å². The lowest BCUT2D eigenvalue weighted by atomic mass is 10.1. The van der Waals surface area contributed by atoms with Crippen molar-refractivity contribution < 1.29 is 18.3 Å². The number of carbonyl (C=O) groups is 1. The Bertz CT molecular complexity index is 513. The monoisotopic (exact) mass is 252 g/mol. The van der Waals surface area contributed by atoms with E-state index in [1.807, 2.05) is 6.07 Å². The van der Waals surface area contributed by atoms with Gasteiger partial charge in [-0.3, -0.25) is 4.79 Å². The molecule has 6 heteroatoms. The fraction of sp³-hybridized carbons (Fsp3) is 0.333. The summed E-state index contributed by atoms with van der Waals surface area (Å²) in [7, 11) is 0. The Balaban J connectivity index is 2.21. The van der Waals surface area contributed by atoms with E-state index < -0.39 is 23.6 Å². The van der Waals surface area contributed by atoms with Crippen LogP contribution >= 0.6 is 0 Å². The van der Waals surface area contributed by atoms with Gasteiger partial charge < -0.3 is 9.64 Å². The van der Waals surface area contributed by atoms with Crippen LogP contribution in [0.15, 0.2) is 18.2 Å². The largest absolute Gasteiger partial charge is 0.360 e. The molecule has 0 bridgehead atoms. The van der Waals surface area contributed by atoms with Crippen LogP contribution in [0.1, 0.15) is 10.4 Å². The molecule has 1 fully saturated rings. The van der Waals surface area contributed by atoms with E-state index in [-0.39, 0.29) is 25.3 Å². The number of morpholine rings is 1. The second-order valence-corrected chi connectivity index (χ2v) is 3.84. The molecule has 0 N–H and O–H groups in total. The fourth-order valence-electron chi connectivity index (χ4n) is 1.75. The van der Waals surface area contributed by atoms with Crippen LogP contribution in [0.4, 0.5) is 8.78 Å². The third-order valence-corrected chi connectivity index (χ3v) is 2.68. The van der Waals surface area contributed by atoms with Crippen molar-refractivity contribution in [2.75, 3.05) is 19.7 Å². The second-order valence-electron chi connectivity index (χ2n) is 3.84. The van der Waals surface area contributed by atoms with Gasteiger partial charge >= 0.3 is 0 Å². The molecule has 4 nitrogen and oxygen atoms in total. The molecule has 1 amide bonds. The number of amides is 1. The normalized spacial score (nSPS) is 19.4. The molecule has 1 aliphatic heterocycles. The summed E-state index contributed by atoms with van der Waals surface area (Å²) in [5.41, 5.74) is -0.325. The first kappa shape index (κ1) is 12.5. The Labute approximate surface area is 102 Å². The molecule has 0 spiro atoms. The maximum Gasteiger partial charge on any atom is 0.257 e. The number of hydrogen-bond acceptors (Lipinski definition) is 3. The van der Waals surface area contributed by atoms with E-state index in [4.69, 9.17) is 10.00 Å². The summed E-state index contributed by atoms with van der Waals surface area (Å²) in [5.74, 6) is -2.86. The SMILES string of the molecule is N#CC1CN(C(=O)c2cccc(F)c2F)CCO1. The molecule has 94 valence electrons. The number of hydrogen-bond donors (Lipinski definition) is 0. The lowest BCUT2D eigenvalue weighted by Crippen LogP contribution is -2.45. The molecular weight excluding hydrogens is 242 g/mol. The summed E-state index contributed by atoms with van der Waals surface area (Å²) in [6.07, 6.45) is -0.723. The third kappa shape index (κ3) is 2.31. The van der Waals surface area contributed by atoms with Crippen molar-refractivity contribution in [2.24, 2.45) is 0 Å². The van der Waals surface area contributed by atoms with Crippen LogP contribution in [0.25, 0.3) is 0 Å². The smallest absolute Gasteiger partial charge is 0.257 e. The molecule has 1 atom stereocenters. The van der Waals surface area contributed by atoms with E-state index in [9.17, 15) is 13.6 Å². The first-order chi connectivity index (χ1) is 8.63. The van der Waals surface area contributed by atoms with Gasteiger partial charge in [0.25, 0.3) is 5.91 Å². The summed E-state index contributed by atoms with van der Waals surface area (Å²) in [6.45, 7) is 0.527. The maximum atomic E-state index is 13.5. The lowest BCUT2D eigenvalue weighted by molar-refractivity contribution is 0.00322. The molecule has 1 aliphatic rings. The highest BCUT2D eigenvalue weighted by atomic mass is 19.2. The summed E-state index contributed by atoms with van der Waals surface area (Å²) in [4.78, 5) is 13.3. The standard InChI is InChI=1S/C12H10F2N2O2/c13-10-3-1-2-9(11(10)14)12(17)16-4-5-18-8(6-15)7-16/h1-3,8H,4-5,7H2. The minimum absolute atomic E-state index is 0.0608. The summed E-state index contributed by atoms with van der Waals surface area (Å²) in [6, 6.07) is 5.32. The Morgan fingerprint density at radius 3 is 3.00 bits per heavy atom. The maximum absolute atomic E-state index is 13.5. The third-order valence-electron chi connectivity index (χ3n) is 2.68. The van der Waals surface area contributed by atoms with Crippen molar-refractivity contribution in [3.63, 3.8) is 0 Å². The van der Waals surface area contributed by atoms with Gasteiger partial charge in [-0.2, -0.15) is 5.26 Å². The molecule has 0 radical (unpaired) electrons. The number of rotatable bonds is 1. The van der Waals surface area contributed by atoms with E-state index in [0.29, 0.717) is 0 Å². The van der Waals surface area contributed by atoms with E-state index in [2.05, 4.69) is 0 Å². The second kappa shape index (κ2) is 5.10. The quantitative estimate of drug-likeness (QED) is 0.757. The van der Waals surface area contributed by atoms with E-state index in [1.165, 1.54) is 17.0 Å². The van der Waals surface area contributed by atoms with Crippen molar-refractivity contribution >= 4 is 5.91 Å². The Morgan fingerprint density at radius 2 is 2.28 bits per heavy atom. The van der Waals surface area contributed by atoms with Gasteiger partial charge in [-0.1, -0.05) is 6.07 Å². The van der Waals surface area contributed by atoms with E-state index >= 15 is 0 Å². The van der Waals surface area contributed by atoms with Gasteiger partial charge in [0.1, 0.15) is 0 Å². The fourth-order valence-corrected chi connectivity index (χ4v) is 1.75. The lowest BCUT2D eigenvalue weighted by Gasteiger charge is -2.29. The molecule has 1 saturated heterocycles. The number of benzene rings is 1. The van der Waals surface area contributed by atoms with Crippen LogP contribution < -0.4 is 0 Å². The molecule has 0 aliphatic carbocycles. The molecule has 1 aromatic rings. The zero-order chi connectivity index (χ0) is 13.1. The number of ether oxygens (including phenoxy) is 1. The molecule has 0 saturated carbocycles. The van der Waals surface area contributed by atoms with Crippen LogP contribution in [0, 0.1) is 23.0 Å². The van der Waals surface area contributed by atoms with Gasteiger partial charge in [0.05, 0.1) is 24.8 Å². The van der Waals surface area contributed by atoms with Crippen molar-refractivity contribution in [3.8, 4) is 6.07 Å². The average molecular weight is 252 g/mol. The predicted molar refractivity (Wildman–Crippen MR) is 57.6 cm³/mol. The zero-order valence-corrected chi connectivity index (χ0v) is 9.40. The highest BCUT2D eigenvalue weighted by Crippen LogP contribution is 2.15. The molecule has 1 unspecified atom stereocenters. The first-order valence-corrected chi connectivity index (χ1v) is 5.38. The van der Waals surface area contributed by atoms with Crippen LogP contribution in [0.5, 0.6) is 0 Å². The van der Waals surface area contributed by atoms with Crippen molar-refractivity contribution in [3.05, 3.63) is 35.4 Å². The number of nitriles is 1. The molecule has 1 aromatic carbocycles. The highest BCUT2D eigenvalue weighted by Gasteiger charge is 2.27. The minimum Gasteiger partial charge on any atom is -0.360 e. The van der Waals surface area contributed by atoms with Crippen molar-refractivity contribution in [1.29, 1.82) is 5.26 Å². The van der Waals surface area contributed by atoms with Crippen LogP contribution in [0.3, 0.4) is 0 Å². The zero-order valence-electron chi connectivity index (χ0n) is 9.40. The summed E-state index contributed by atoms with van der Waals surface area (Å²) < 4.78 is 31.6. The van der Waals surface area contributed by atoms with Crippen LogP contribution in [0.2, 0.25) is 0 Å². The van der Waals surface area contributed by atoms with Crippen molar-refractivity contribution in [1.82, 2.24) is 4.90 Å². The molecular formula is C12H10F2N2O2. The van der Waals surface area contributed by atoms with Gasteiger partial charge in [0, 0.05) is 6.54 Å². The first-order valence-electron chi connectivity index (χ1n) is 5.38. The van der Waals surface area contributed by atoms with Gasteiger partial charge in [-0.25, -0.2) is 8.78 Å². The average Bonchev–Trinajstić information content (AvgIpc) is 2.41. The van der Waals surface area contributed by atoms with Crippen LogP contribution in [-0.4, -0.2) is 36.6 Å².